The number of aryl methyl sites for hydroxylation is 1. The van der Waals surface area contributed by atoms with E-state index in [0.29, 0.717) is 22.5 Å². The highest BCUT2D eigenvalue weighted by Gasteiger charge is 2.55. The number of nitrogens with two attached hydrogens (primary N) is 1. The van der Waals surface area contributed by atoms with Crippen LogP contribution in [-0.4, -0.2) is 26.0 Å². The van der Waals surface area contributed by atoms with E-state index in [2.05, 4.69) is 14.7 Å². The molecule has 0 radical (unpaired) electrons. The number of hydrogen-bond donors (Lipinski definition) is 2. The van der Waals surface area contributed by atoms with Gasteiger partial charge in [0.2, 0.25) is 0 Å². The predicted molar refractivity (Wildman–Crippen MR) is 112 cm³/mol. The Morgan fingerprint density at radius 1 is 1.22 bits per heavy atom. The van der Waals surface area contributed by atoms with Crippen LogP contribution in [0.2, 0.25) is 0 Å². The normalized spacial score (nSPS) is 25.2. The van der Waals surface area contributed by atoms with E-state index in [9.17, 15) is 18.3 Å². The highest BCUT2D eigenvalue weighted by atomic mass is 19.4. The number of aliphatic hydroxyl groups is 1. The fourth-order valence-corrected chi connectivity index (χ4v) is 5.33. The summed E-state index contributed by atoms with van der Waals surface area (Å²) in [5.41, 5.74) is 7.03. The summed E-state index contributed by atoms with van der Waals surface area (Å²) in [6.07, 6.45) is 8.44. The fraction of sp³-hybridized carbons (Fsp3) is 0.652. The van der Waals surface area contributed by atoms with Crippen LogP contribution in [0, 0.1) is 17.3 Å². The number of alkyl halides is 3. The van der Waals surface area contributed by atoms with Gasteiger partial charge in [0.05, 0.1) is 5.69 Å². The van der Waals surface area contributed by atoms with Gasteiger partial charge in [-0.25, -0.2) is 9.97 Å². The maximum Gasteiger partial charge on any atom is 0.573 e. The second-order valence-corrected chi connectivity index (χ2v) is 9.90. The third kappa shape index (κ3) is 4.44. The Balaban J connectivity index is 1.29. The van der Waals surface area contributed by atoms with E-state index in [-0.39, 0.29) is 11.7 Å². The van der Waals surface area contributed by atoms with Gasteiger partial charge in [0.15, 0.2) is 11.6 Å². The lowest BCUT2D eigenvalue weighted by molar-refractivity contribution is -0.274. The number of nitrogen functional groups attached to an aromatic ring is 1. The first kappa shape index (κ1) is 21.6. The number of hydrogen-bond acceptors (Lipinski definition) is 5. The highest BCUT2D eigenvalue weighted by molar-refractivity contribution is 5.63. The highest BCUT2D eigenvalue weighted by Crippen LogP contribution is 2.66. The molecule has 2 bridgehead atoms. The molecule has 0 saturated heterocycles. The lowest BCUT2D eigenvalue weighted by atomic mass is 9.43. The number of aromatic nitrogens is 3. The Labute approximate surface area is 185 Å². The van der Waals surface area contributed by atoms with Crippen molar-refractivity contribution in [2.24, 2.45) is 17.3 Å². The molecule has 4 aliphatic carbocycles. The van der Waals surface area contributed by atoms with Gasteiger partial charge in [-0.05, 0) is 68.3 Å². The minimum absolute atomic E-state index is 0.196. The lowest BCUT2D eigenvalue weighted by Crippen LogP contribution is -2.51. The number of nitrogens with zero attached hydrogens (tertiary/aromatic N) is 3. The summed E-state index contributed by atoms with van der Waals surface area (Å²) in [6.45, 7) is 0.718. The van der Waals surface area contributed by atoms with Crippen LogP contribution < -0.4 is 10.5 Å². The standard InChI is InChI=1S/C23H29F3N4O2/c24-23(25,26)32-18-8-16(12-28-20(18)27)17-13-30(21(29-17)19(31)15-4-5-15)7-3-1-2-6-22-9-14(10-22)11-22/h8,12-15,19,31H,1-7,9-11H2,(H2,27,28). The molecule has 0 aliphatic heterocycles. The molecule has 0 amide bonds. The monoisotopic (exact) mass is 450 g/mol. The molecule has 4 fully saturated rings. The molecular formula is C23H29F3N4O2. The average Bonchev–Trinajstić information content (AvgIpc) is 3.42. The summed E-state index contributed by atoms with van der Waals surface area (Å²) in [4.78, 5) is 8.41. The van der Waals surface area contributed by atoms with E-state index in [1.807, 2.05) is 4.57 Å². The molecule has 1 unspecified atom stereocenters. The van der Waals surface area contributed by atoms with Gasteiger partial charge in [-0.1, -0.05) is 12.8 Å². The number of imidazole rings is 1. The number of ether oxygens (including phenoxy) is 1. The number of unbranched alkanes of at least 4 members (excludes halogenated alkanes) is 2. The fourth-order valence-electron chi connectivity index (χ4n) is 5.33. The molecule has 9 heteroatoms. The molecule has 2 aromatic heterocycles. The Kier molecular flexibility index (Phi) is 5.34. The van der Waals surface area contributed by atoms with Crippen molar-refractivity contribution >= 4 is 5.82 Å². The van der Waals surface area contributed by atoms with Crippen LogP contribution in [-0.2, 0) is 6.54 Å². The van der Waals surface area contributed by atoms with Crippen LogP contribution in [0.25, 0.3) is 11.3 Å². The molecule has 32 heavy (non-hydrogen) atoms. The van der Waals surface area contributed by atoms with Gasteiger partial charge in [0, 0.05) is 24.5 Å². The smallest absolute Gasteiger partial charge is 0.402 e. The quantitative estimate of drug-likeness (QED) is 0.484. The molecule has 6 rings (SSSR count). The van der Waals surface area contributed by atoms with Crippen molar-refractivity contribution < 1.29 is 23.0 Å². The van der Waals surface area contributed by atoms with Crippen molar-refractivity contribution in [1.29, 1.82) is 0 Å². The van der Waals surface area contributed by atoms with Crippen molar-refractivity contribution in [2.45, 2.75) is 76.8 Å². The number of pyridine rings is 1. The number of halogens is 3. The molecule has 2 aromatic rings. The van der Waals surface area contributed by atoms with Gasteiger partial charge in [-0.3, -0.25) is 0 Å². The molecule has 0 aromatic carbocycles. The predicted octanol–water partition coefficient (Wildman–Crippen LogP) is 5.23. The summed E-state index contributed by atoms with van der Waals surface area (Å²) in [5, 5.41) is 10.7. The van der Waals surface area contributed by atoms with Crippen LogP contribution in [0.3, 0.4) is 0 Å². The molecular weight excluding hydrogens is 421 g/mol. The van der Waals surface area contributed by atoms with E-state index < -0.39 is 18.2 Å². The third-order valence-corrected chi connectivity index (χ3v) is 7.31. The molecule has 3 N–H and O–H groups in total. The first-order valence-electron chi connectivity index (χ1n) is 11.5. The van der Waals surface area contributed by atoms with Crippen molar-refractivity contribution in [3.63, 3.8) is 0 Å². The van der Waals surface area contributed by atoms with Gasteiger partial charge < -0.3 is 20.1 Å². The number of rotatable bonds is 10. The lowest BCUT2D eigenvalue weighted by Gasteiger charge is -2.62. The zero-order chi connectivity index (χ0) is 22.5. The van der Waals surface area contributed by atoms with E-state index >= 15 is 0 Å². The average molecular weight is 451 g/mol. The van der Waals surface area contributed by atoms with Gasteiger partial charge in [0.25, 0.3) is 0 Å². The van der Waals surface area contributed by atoms with E-state index in [1.54, 1.807) is 6.20 Å². The van der Waals surface area contributed by atoms with Crippen molar-refractivity contribution in [1.82, 2.24) is 14.5 Å². The first-order valence-corrected chi connectivity index (χ1v) is 11.5. The van der Waals surface area contributed by atoms with Gasteiger partial charge in [0.1, 0.15) is 11.9 Å². The van der Waals surface area contributed by atoms with Crippen molar-refractivity contribution in [2.75, 3.05) is 5.73 Å². The van der Waals surface area contributed by atoms with Crippen LogP contribution in [0.15, 0.2) is 18.5 Å². The van der Waals surface area contributed by atoms with Crippen molar-refractivity contribution in [3.8, 4) is 17.0 Å². The largest absolute Gasteiger partial charge is 0.573 e. The summed E-state index contributed by atoms with van der Waals surface area (Å²) in [7, 11) is 0. The minimum Gasteiger partial charge on any atom is -0.402 e. The molecule has 4 aliphatic rings. The zero-order valence-electron chi connectivity index (χ0n) is 17.9. The molecule has 6 nitrogen and oxygen atoms in total. The van der Waals surface area contributed by atoms with E-state index in [4.69, 9.17) is 5.73 Å². The molecule has 0 spiro atoms. The van der Waals surface area contributed by atoms with Crippen LogP contribution in [0.1, 0.15) is 69.7 Å². The first-order chi connectivity index (χ1) is 15.2. The third-order valence-electron chi connectivity index (χ3n) is 7.31. The molecule has 174 valence electrons. The topological polar surface area (TPSA) is 86.2 Å². The van der Waals surface area contributed by atoms with Crippen LogP contribution in [0.5, 0.6) is 5.75 Å². The zero-order valence-corrected chi connectivity index (χ0v) is 17.9. The van der Waals surface area contributed by atoms with Crippen LogP contribution >= 0.6 is 0 Å². The second-order valence-electron chi connectivity index (χ2n) is 9.90. The van der Waals surface area contributed by atoms with E-state index in [0.717, 1.165) is 38.1 Å². The summed E-state index contributed by atoms with van der Waals surface area (Å²) >= 11 is 0. The Morgan fingerprint density at radius 3 is 2.59 bits per heavy atom. The molecule has 4 saturated carbocycles. The van der Waals surface area contributed by atoms with E-state index in [1.165, 1.54) is 44.4 Å². The maximum atomic E-state index is 12.7. The SMILES string of the molecule is Nc1ncc(-c2cn(CCCCCC34CC(C3)C4)c(C(O)C3CC3)n2)cc1OC(F)(F)F. The number of anilines is 1. The minimum atomic E-state index is -4.86. The van der Waals surface area contributed by atoms with Gasteiger partial charge >= 0.3 is 6.36 Å². The van der Waals surface area contributed by atoms with Gasteiger partial charge in [-0.15, -0.1) is 13.2 Å². The Hall–Kier alpha value is -2.29. The molecule has 2 heterocycles. The van der Waals surface area contributed by atoms with Gasteiger partial charge in [-0.2, -0.15) is 0 Å². The number of aliphatic hydroxyl groups excluding tert-OH is 1. The van der Waals surface area contributed by atoms with Crippen LogP contribution in [0.4, 0.5) is 19.0 Å². The maximum absolute atomic E-state index is 12.7. The summed E-state index contributed by atoms with van der Waals surface area (Å²) in [6, 6.07) is 1.19. The second kappa shape index (κ2) is 7.93. The molecule has 1 atom stereocenters. The Bertz CT molecular complexity index is 969. The summed E-state index contributed by atoms with van der Waals surface area (Å²) in [5.74, 6) is 0.879. The Morgan fingerprint density at radius 2 is 1.97 bits per heavy atom. The summed E-state index contributed by atoms with van der Waals surface area (Å²) < 4.78 is 44.0. The van der Waals surface area contributed by atoms with Crippen molar-refractivity contribution in [3.05, 3.63) is 24.3 Å².